The van der Waals surface area contributed by atoms with Gasteiger partial charge in [0, 0.05) is 28.9 Å². The van der Waals surface area contributed by atoms with Crippen molar-refractivity contribution in [3.05, 3.63) is 28.2 Å². The summed E-state index contributed by atoms with van der Waals surface area (Å²) in [5, 5.41) is 9.35. The monoisotopic (exact) mass is 311 g/mol. The van der Waals surface area contributed by atoms with Crippen LogP contribution in [-0.2, 0) is 0 Å². The molecule has 1 aromatic rings. The summed E-state index contributed by atoms with van der Waals surface area (Å²) in [7, 11) is 0. The minimum atomic E-state index is 0.115. The minimum Gasteiger partial charge on any atom is -0.396 e. The number of hydrogen-bond acceptors (Lipinski definition) is 2. The van der Waals surface area contributed by atoms with Crippen molar-refractivity contribution in [3.8, 4) is 0 Å². The summed E-state index contributed by atoms with van der Waals surface area (Å²) in [6.45, 7) is 8.05. The van der Waals surface area contributed by atoms with Crippen molar-refractivity contribution in [2.75, 3.05) is 18.1 Å². The molecule has 1 fully saturated rings. The fourth-order valence-corrected chi connectivity index (χ4v) is 3.53. The van der Waals surface area contributed by atoms with Gasteiger partial charge in [-0.2, -0.15) is 0 Å². The van der Waals surface area contributed by atoms with Crippen LogP contribution in [-0.4, -0.2) is 23.8 Å². The van der Waals surface area contributed by atoms with Gasteiger partial charge in [0.15, 0.2) is 0 Å². The van der Waals surface area contributed by atoms with Gasteiger partial charge in [0.25, 0.3) is 0 Å². The molecule has 100 valence electrons. The molecule has 0 aromatic heterocycles. The van der Waals surface area contributed by atoms with Crippen LogP contribution >= 0.6 is 15.9 Å². The highest BCUT2D eigenvalue weighted by atomic mass is 79.9. The number of rotatable bonds is 2. The van der Waals surface area contributed by atoms with Crippen LogP contribution < -0.4 is 4.90 Å². The van der Waals surface area contributed by atoms with Crippen molar-refractivity contribution in [1.29, 1.82) is 0 Å². The van der Waals surface area contributed by atoms with Crippen molar-refractivity contribution in [1.82, 2.24) is 0 Å². The smallest absolute Gasteiger partial charge is 0.0460 e. The maximum atomic E-state index is 9.35. The fraction of sp³-hybridized carbons (Fsp3) is 0.600. The van der Waals surface area contributed by atoms with Crippen molar-refractivity contribution in [3.63, 3.8) is 0 Å². The van der Waals surface area contributed by atoms with E-state index in [9.17, 15) is 5.11 Å². The summed E-state index contributed by atoms with van der Waals surface area (Å²) in [6, 6.07) is 6.47. The van der Waals surface area contributed by atoms with E-state index >= 15 is 0 Å². The average Bonchev–Trinajstić information content (AvgIpc) is 2.29. The van der Waals surface area contributed by atoms with Gasteiger partial charge in [0.1, 0.15) is 0 Å². The predicted octanol–water partition coefficient (Wildman–Crippen LogP) is 3.74. The second-order valence-corrected chi connectivity index (χ2v) is 6.85. The lowest BCUT2D eigenvalue weighted by Crippen LogP contribution is -2.51. The zero-order chi connectivity index (χ0) is 13.3. The molecule has 3 heteroatoms. The maximum Gasteiger partial charge on any atom is 0.0460 e. The Labute approximate surface area is 118 Å². The summed E-state index contributed by atoms with van der Waals surface area (Å²) in [4.78, 5) is 2.49. The number of benzene rings is 1. The van der Waals surface area contributed by atoms with Crippen molar-refractivity contribution >= 4 is 21.6 Å². The SMILES string of the molecule is Cc1cc(Br)ccc1N1CCC(CO)CC1(C)C. The van der Waals surface area contributed by atoms with E-state index in [1.807, 2.05) is 0 Å². The standard InChI is InChI=1S/C15H22BrNO/c1-11-8-13(16)4-5-14(11)17-7-6-12(10-18)9-15(17,2)3/h4-5,8,12,18H,6-7,9-10H2,1-3H3. The van der Waals surface area contributed by atoms with Crippen LogP contribution in [0.2, 0.25) is 0 Å². The Hall–Kier alpha value is -0.540. The lowest BCUT2D eigenvalue weighted by molar-refractivity contribution is 0.166. The summed E-state index contributed by atoms with van der Waals surface area (Å²) in [5.41, 5.74) is 2.74. The Morgan fingerprint density at radius 3 is 2.72 bits per heavy atom. The molecule has 0 saturated carbocycles. The van der Waals surface area contributed by atoms with Crippen LogP contribution in [0.25, 0.3) is 0 Å². The van der Waals surface area contributed by atoms with Crippen LogP contribution in [0.15, 0.2) is 22.7 Å². The number of piperidine rings is 1. The molecule has 2 nitrogen and oxygen atoms in total. The van der Waals surface area contributed by atoms with Gasteiger partial charge in [-0.05, 0) is 63.3 Å². The van der Waals surface area contributed by atoms with Gasteiger partial charge in [-0.25, -0.2) is 0 Å². The number of hydrogen-bond donors (Lipinski definition) is 1. The van der Waals surface area contributed by atoms with Crippen LogP contribution in [0.5, 0.6) is 0 Å². The van der Waals surface area contributed by atoms with E-state index in [1.54, 1.807) is 0 Å². The van der Waals surface area contributed by atoms with E-state index in [0.717, 1.165) is 23.9 Å². The molecular weight excluding hydrogens is 290 g/mol. The second kappa shape index (κ2) is 5.22. The number of aryl methyl sites for hydroxylation is 1. The highest BCUT2D eigenvalue weighted by Gasteiger charge is 2.34. The van der Waals surface area contributed by atoms with Crippen LogP contribution in [0, 0.1) is 12.8 Å². The molecule has 1 N–H and O–H groups in total. The minimum absolute atomic E-state index is 0.115. The van der Waals surface area contributed by atoms with E-state index in [1.165, 1.54) is 11.3 Å². The quantitative estimate of drug-likeness (QED) is 0.899. The maximum absolute atomic E-state index is 9.35. The molecule has 0 amide bonds. The van der Waals surface area contributed by atoms with Gasteiger partial charge < -0.3 is 10.0 Å². The molecule has 1 heterocycles. The number of aliphatic hydroxyl groups is 1. The summed E-state index contributed by atoms with van der Waals surface area (Å²) >= 11 is 3.52. The molecule has 0 spiro atoms. The molecule has 2 rings (SSSR count). The van der Waals surface area contributed by atoms with E-state index in [4.69, 9.17) is 0 Å². The first kappa shape index (κ1) is 13.9. The highest BCUT2D eigenvalue weighted by Crippen LogP contribution is 2.37. The van der Waals surface area contributed by atoms with Gasteiger partial charge in [-0.1, -0.05) is 15.9 Å². The Bertz CT molecular complexity index is 431. The third kappa shape index (κ3) is 2.72. The summed E-state index contributed by atoms with van der Waals surface area (Å²) in [6.07, 6.45) is 2.13. The third-order valence-corrected chi connectivity index (χ3v) is 4.48. The Kier molecular flexibility index (Phi) is 4.02. The zero-order valence-electron chi connectivity index (χ0n) is 11.4. The van der Waals surface area contributed by atoms with Gasteiger partial charge >= 0.3 is 0 Å². The Balaban J connectivity index is 2.27. The van der Waals surface area contributed by atoms with E-state index < -0.39 is 0 Å². The van der Waals surface area contributed by atoms with E-state index in [2.05, 4.69) is 59.8 Å². The van der Waals surface area contributed by atoms with Gasteiger partial charge in [0.2, 0.25) is 0 Å². The first-order chi connectivity index (χ1) is 8.44. The van der Waals surface area contributed by atoms with Gasteiger partial charge in [0.05, 0.1) is 0 Å². The predicted molar refractivity (Wildman–Crippen MR) is 80.1 cm³/mol. The largest absolute Gasteiger partial charge is 0.396 e. The average molecular weight is 312 g/mol. The van der Waals surface area contributed by atoms with E-state index in [-0.39, 0.29) is 5.54 Å². The van der Waals surface area contributed by atoms with E-state index in [0.29, 0.717) is 12.5 Å². The van der Waals surface area contributed by atoms with Crippen molar-refractivity contribution in [2.45, 2.75) is 39.2 Å². The number of nitrogens with zero attached hydrogens (tertiary/aromatic N) is 1. The molecule has 1 unspecified atom stereocenters. The number of anilines is 1. The fourth-order valence-electron chi connectivity index (χ4n) is 3.06. The molecule has 1 atom stereocenters. The van der Waals surface area contributed by atoms with Crippen LogP contribution in [0.4, 0.5) is 5.69 Å². The molecule has 0 radical (unpaired) electrons. The molecule has 1 aliphatic rings. The normalized spacial score (nSPS) is 23.2. The molecule has 1 aromatic carbocycles. The third-order valence-electron chi connectivity index (χ3n) is 3.99. The zero-order valence-corrected chi connectivity index (χ0v) is 13.0. The molecular formula is C15H22BrNO. The van der Waals surface area contributed by atoms with Crippen LogP contribution in [0.1, 0.15) is 32.3 Å². The Morgan fingerprint density at radius 2 is 2.17 bits per heavy atom. The lowest BCUT2D eigenvalue weighted by atomic mass is 9.82. The van der Waals surface area contributed by atoms with Crippen LogP contribution in [0.3, 0.4) is 0 Å². The molecule has 18 heavy (non-hydrogen) atoms. The van der Waals surface area contributed by atoms with Crippen molar-refractivity contribution in [2.24, 2.45) is 5.92 Å². The van der Waals surface area contributed by atoms with Gasteiger partial charge in [-0.3, -0.25) is 0 Å². The Morgan fingerprint density at radius 1 is 1.44 bits per heavy atom. The number of aliphatic hydroxyl groups excluding tert-OH is 1. The van der Waals surface area contributed by atoms with Gasteiger partial charge in [-0.15, -0.1) is 0 Å². The lowest BCUT2D eigenvalue weighted by Gasteiger charge is -2.47. The highest BCUT2D eigenvalue weighted by molar-refractivity contribution is 9.10. The molecule has 1 aliphatic heterocycles. The first-order valence-electron chi connectivity index (χ1n) is 6.58. The van der Waals surface area contributed by atoms with Crippen molar-refractivity contribution < 1.29 is 5.11 Å². The number of halogens is 1. The molecule has 1 saturated heterocycles. The first-order valence-corrected chi connectivity index (χ1v) is 7.38. The second-order valence-electron chi connectivity index (χ2n) is 5.94. The summed E-state index contributed by atoms with van der Waals surface area (Å²) < 4.78 is 1.13. The topological polar surface area (TPSA) is 23.5 Å². The molecule has 0 bridgehead atoms. The molecule has 0 aliphatic carbocycles. The summed E-state index contributed by atoms with van der Waals surface area (Å²) in [5.74, 6) is 0.451.